The van der Waals surface area contributed by atoms with Crippen molar-refractivity contribution in [3.63, 3.8) is 0 Å². The molecule has 1 aromatic rings. The summed E-state index contributed by atoms with van der Waals surface area (Å²) in [5.74, 6) is 0. The topological polar surface area (TPSA) is 27.7 Å². The van der Waals surface area contributed by atoms with Crippen molar-refractivity contribution in [2.75, 3.05) is 20.3 Å². The maximum absolute atomic E-state index is 5.76. The highest BCUT2D eigenvalue weighted by Gasteiger charge is 2.16. The normalized spacial score (nSPS) is 19.3. The second-order valence-electron chi connectivity index (χ2n) is 3.95. The lowest BCUT2D eigenvalue weighted by atomic mass is 10.1. The summed E-state index contributed by atoms with van der Waals surface area (Å²) in [7, 11) is 1.63. The molecule has 0 bridgehead atoms. The molecule has 1 aliphatic rings. The van der Waals surface area contributed by atoms with Gasteiger partial charge in [-0.25, -0.2) is 0 Å². The van der Waals surface area contributed by atoms with E-state index in [9.17, 15) is 0 Å². The van der Waals surface area contributed by atoms with Gasteiger partial charge in [0.05, 0.1) is 13.2 Å². The van der Waals surface area contributed by atoms with Crippen LogP contribution in [-0.4, -0.2) is 26.6 Å². The van der Waals surface area contributed by atoms with E-state index in [1.807, 2.05) is 19.1 Å². The Bertz CT molecular complexity index is 387. The third-order valence-corrected chi connectivity index (χ3v) is 2.82. The number of hydrogen-bond donors (Lipinski definition) is 0. The molecule has 0 radical (unpaired) electrons. The SMILES string of the molecule is COC(C)OCCOC1C=Cc2ccccc21. The fourth-order valence-corrected chi connectivity index (χ4v) is 1.82. The molecular formula is C14H18O3. The number of methoxy groups -OCH3 is 1. The Kier molecular flexibility index (Phi) is 4.31. The van der Waals surface area contributed by atoms with Crippen molar-refractivity contribution < 1.29 is 14.2 Å². The van der Waals surface area contributed by atoms with Crippen LogP contribution in [0.5, 0.6) is 0 Å². The van der Waals surface area contributed by atoms with Crippen molar-refractivity contribution in [1.29, 1.82) is 0 Å². The van der Waals surface area contributed by atoms with E-state index in [0.717, 1.165) is 0 Å². The maximum atomic E-state index is 5.76. The van der Waals surface area contributed by atoms with Crippen molar-refractivity contribution in [1.82, 2.24) is 0 Å². The number of hydrogen-bond acceptors (Lipinski definition) is 3. The van der Waals surface area contributed by atoms with Crippen LogP contribution in [0.1, 0.15) is 24.2 Å². The number of benzene rings is 1. The predicted molar refractivity (Wildman–Crippen MR) is 66.6 cm³/mol. The van der Waals surface area contributed by atoms with Gasteiger partial charge >= 0.3 is 0 Å². The first kappa shape index (κ1) is 12.3. The molecule has 2 unspecified atom stereocenters. The number of rotatable bonds is 6. The lowest BCUT2D eigenvalue weighted by Crippen LogP contribution is -2.15. The van der Waals surface area contributed by atoms with E-state index in [4.69, 9.17) is 14.2 Å². The van der Waals surface area contributed by atoms with E-state index >= 15 is 0 Å². The average molecular weight is 234 g/mol. The minimum absolute atomic E-state index is 0.0626. The molecule has 0 aromatic heterocycles. The Morgan fingerprint density at radius 3 is 2.88 bits per heavy atom. The average Bonchev–Trinajstić information content (AvgIpc) is 2.78. The molecular weight excluding hydrogens is 216 g/mol. The lowest BCUT2D eigenvalue weighted by molar-refractivity contribution is -0.124. The molecule has 1 aromatic carbocycles. The highest BCUT2D eigenvalue weighted by molar-refractivity contribution is 5.61. The van der Waals surface area contributed by atoms with Gasteiger partial charge in [-0.2, -0.15) is 0 Å². The zero-order valence-corrected chi connectivity index (χ0v) is 10.3. The number of fused-ring (bicyclic) bond motifs is 1. The summed E-state index contributed by atoms with van der Waals surface area (Å²) in [6.07, 6.45) is 4.06. The molecule has 0 heterocycles. The number of ether oxygens (including phenoxy) is 3. The van der Waals surface area contributed by atoms with Gasteiger partial charge in [-0.1, -0.05) is 36.4 Å². The Morgan fingerprint density at radius 1 is 1.24 bits per heavy atom. The van der Waals surface area contributed by atoms with E-state index in [0.29, 0.717) is 13.2 Å². The predicted octanol–water partition coefficient (Wildman–Crippen LogP) is 2.78. The molecule has 2 atom stereocenters. The largest absolute Gasteiger partial charge is 0.367 e. The first-order valence-electron chi connectivity index (χ1n) is 5.84. The van der Waals surface area contributed by atoms with Crippen LogP contribution in [0.4, 0.5) is 0 Å². The van der Waals surface area contributed by atoms with Gasteiger partial charge < -0.3 is 14.2 Å². The van der Waals surface area contributed by atoms with Crippen LogP contribution >= 0.6 is 0 Å². The molecule has 17 heavy (non-hydrogen) atoms. The van der Waals surface area contributed by atoms with Gasteiger partial charge in [-0.3, -0.25) is 0 Å². The highest BCUT2D eigenvalue weighted by Crippen LogP contribution is 2.30. The fraction of sp³-hybridized carbons (Fsp3) is 0.429. The fourth-order valence-electron chi connectivity index (χ4n) is 1.82. The molecule has 92 valence electrons. The van der Waals surface area contributed by atoms with Gasteiger partial charge in [0.1, 0.15) is 6.10 Å². The second-order valence-corrected chi connectivity index (χ2v) is 3.95. The zero-order valence-electron chi connectivity index (χ0n) is 10.3. The van der Waals surface area contributed by atoms with E-state index in [-0.39, 0.29) is 12.4 Å². The molecule has 0 aliphatic heterocycles. The molecule has 0 fully saturated rings. The molecule has 0 N–H and O–H groups in total. The molecule has 3 nitrogen and oxygen atoms in total. The third-order valence-electron chi connectivity index (χ3n) is 2.82. The summed E-state index contributed by atoms with van der Waals surface area (Å²) in [6.45, 7) is 2.98. The van der Waals surface area contributed by atoms with E-state index in [1.165, 1.54) is 11.1 Å². The summed E-state index contributed by atoms with van der Waals surface area (Å²) >= 11 is 0. The van der Waals surface area contributed by atoms with Gasteiger partial charge in [-0.05, 0) is 18.1 Å². The minimum Gasteiger partial charge on any atom is -0.367 e. The van der Waals surface area contributed by atoms with Gasteiger partial charge in [0.15, 0.2) is 6.29 Å². The quantitative estimate of drug-likeness (QED) is 0.559. The third kappa shape index (κ3) is 3.16. The van der Waals surface area contributed by atoms with E-state index in [2.05, 4.69) is 24.3 Å². The summed E-state index contributed by atoms with van der Waals surface area (Å²) in [6, 6.07) is 8.26. The van der Waals surface area contributed by atoms with Crippen molar-refractivity contribution in [2.45, 2.75) is 19.3 Å². The van der Waals surface area contributed by atoms with Crippen molar-refractivity contribution >= 4 is 6.08 Å². The van der Waals surface area contributed by atoms with Crippen LogP contribution in [0.3, 0.4) is 0 Å². The van der Waals surface area contributed by atoms with Crippen molar-refractivity contribution in [3.8, 4) is 0 Å². The second kappa shape index (κ2) is 5.96. The lowest BCUT2D eigenvalue weighted by Gasteiger charge is -2.14. The van der Waals surface area contributed by atoms with Crippen molar-refractivity contribution in [3.05, 3.63) is 41.5 Å². The standard InChI is InChI=1S/C14H18O3/c1-11(15-2)16-9-10-17-14-8-7-12-5-3-4-6-13(12)14/h3-8,11,14H,9-10H2,1-2H3. The van der Waals surface area contributed by atoms with Gasteiger partial charge in [0.25, 0.3) is 0 Å². The van der Waals surface area contributed by atoms with Crippen LogP contribution in [0.15, 0.2) is 30.3 Å². The van der Waals surface area contributed by atoms with Crippen LogP contribution in [0.25, 0.3) is 6.08 Å². The van der Waals surface area contributed by atoms with Gasteiger partial charge in [0, 0.05) is 7.11 Å². The Balaban J connectivity index is 1.77. The van der Waals surface area contributed by atoms with Crippen LogP contribution in [-0.2, 0) is 14.2 Å². The molecule has 0 saturated heterocycles. The van der Waals surface area contributed by atoms with Crippen LogP contribution < -0.4 is 0 Å². The molecule has 2 rings (SSSR count). The van der Waals surface area contributed by atoms with Crippen LogP contribution in [0, 0.1) is 0 Å². The minimum atomic E-state index is -0.176. The summed E-state index contributed by atoms with van der Waals surface area (Å²) in [5, 5.41) is 0. The maximum Gasteiger partial charge on any atom is 0.154 e. The molecule has 3 heteroatoms. The first-order valence-corrected chi connectivity index (χ1v) is 5.84. The first-order chi connectivity index (χ1) is 8.31. The Hall–Kier alpha value is -1.16. The Morgan fingerprint density at radius 2 is 2.06 bits per heavy atom. The molecule has 0 amide bonds. The molecule has 0 spiro atoms. The molecule has 0 saturated carbocycles. The summed E-state index contributed by atoms with van der Waals surface area (Å²) in [5.41, 5.74) is 2.47. The van der Waals surface area contributed by atoms with E-state index < -0.39 is 0 Å². The van der Waals surface area contributed by atoms with Gasteiger partial charge in [0.2, 0.25) is 0 Å². The smallest absolute Gasteiger partial charge is 0.154 e. The van der Waals surface area contributed by atoms with Crippen LogP contribution in [0.2, 0.25) is 0 Å². The van der Waals surface area contributed by atoms with E-state index in [1.54, 1.807) is 7.11 Å². The van der Waals surface area contributed by atoms with Crippen molar-refractivity contribution in [2.24, 2.45) is 0 Å². The zero-order chi connectivity index (χ0) is 12.1. The monoisotopic (exact) mass is 234 g/mol. The molecule has 1 aliphatic carbocycles. The summed E-state index contributed by atoms with van der Waals surface area (Å²) in [4.78, 5) is 0. The van der Waals surface area contributed by atoms with Gasteiger partial charge in [-0.15, -0.1) is 0 Å². The summed E-state index contributed by atoms with van der Waals surface area (Å²) < 4.78 is 16.1. The highest BCUT2D eigenvalue weighted by atomic mass is 16.7. The Labute approximate surface area is 102 Å².